The van der Waals surface area contributed by atoms with Crippen LogP contribution in [0.5, 0.6) is 0 Å². The minimum atomic E-state index is -1.05. The Kier molecular flexibility index (Phi) is 8.87. The Morgan fingerprint density at radius 3 is 2.80 bits per heavy atom. The van der Waals surface area contributed by atoms with Crippen molar-refractivity contribution in [1.82, 2.24) is 20.4 Å². The van der Waals surface area contributed by atoms with E-state index in [1.165, 1.54) is 4.88 Å². The van der Waals surface area contributed by atoms with E-state index in [0.717, 1.165) is 18.7 Å². The molecule has 3 N–H and O–H groups in total. The van der Waals surface area contributed by atoms with Gasteiger partial charge in [0.15, 0.2) is 5.96 Å². The van der Waals surface area contributed by atoms with Crippen LogP contribution in [0.25, 0.3) is 0 Å². The van der Waals surface area contributed by atoms with Gasteiger partial charge in [0, 0.05) is 42.7 Å². The minimum Gasteiger partial charge on any atom is -0.383 e. The highest BCUT2D eigenvalue weighted by Gasteiger charge is 2.24. The molecule has 0 saturated carbocycles. The molecule has 0 radical (unpaired) electrons. The largest absolute Gasteiger partial charge is 0.383 e. The summed E-state index contributed by atoms with van der Waals surface area (Å²) in [6, 6.07) is 4.22. The second-order valence-electron chi connectivity index (χ2n) is 6.17. The number of thiophene rings is 1. The van der Waals surface area contributed by atoms with Gasteiger partial charge in [-0.1, -0.05) is 13.0 Å². The fourth-order valence-corrected chi connectivity index (χ4v) is 3.07. The summed E-state index contributed by atoms with van der Waals surface area (Å²) in [7, 11) is 1.83. The van der Waals surface area contributed by atoms with Crippen LogP contribution < -0.4 is 10.6 Å². The maximum absolute atomic E-state index is 10.6. The van der Waals surface area contributed by atoms with Crippen LogP contribution >= 0.6 is 35.3 Å². The quantitative estimate of drug-likeness (QED) is 0.326. The normalized spacial score (nSPS) is 15.2. The monoisotopic (exact) mass is 477 g/mol. The van der Waals surface area contributed by atoms with Crippen molar-refractivity contribution in [3.8, 4) is 0 Å². The molecule has 0 aliphatic heterocycles. The van der Waals surface area contributed by atoms with Gasteiger partial charge in [-0.25, -0.2) is 4.99 Å². The highest BCUT2D eigenvalue weighted by Crippen LogP contribution is 2.21. The first-order chi connectivity index (χ1) is 11.4. The lowest BCUT2D eigenvalue weighted by atomic mass is 10.0. The predicted octanol–water partition coefficient (Wildman–Crippen LogP) is 2.67. The summed E-state index contributed by atoms with van der Waals surface area (Å²) in [4.78, 5) is 5.88. The first kappa shape index (κ1) is 21.9. The van der Waals surface area contributed by atoms with Gasteiger partial charge >= 0.3 is 0 Å². The van der Waals surface area contributed by atoms with Crippen molar-refractivity contribution in [3.05, 3.63) is 40.3 Å². The average Bonchev–Trinajstić information content (AvgIpc) is 3.21. The minimum absolute atomic E-state index is 0. The highest BCUT2D eigenvalue weighted by atomic mass is 127. The fourth-order valence-electron chi connectivity index (χ4n) is 2.29. The van der Waals surface area contributed by atoms with Gasteiger partial charge in [-0.3, -0.25) is 4.68 Å². The van der Waals surface area contributed by atoms with Gasteiger partial charge in [-0.15, -0.1) is 35.3 Å². The lowest BCUT2D eigenvalue weighted by Crippen LogP contribution is -2.40. The standard InChI is InChI=1S/C17H27N5OS.HI/c1-5-18-16(19-9-13(2)15-7-6-8-24-15)20-12-17(3,23)14-10-21-22(4)11-14;/h6-8,10-11,13,23H,5,9,12H2,1-4H3,(H2,18,19,20);1H. The van der Waals surface area contributed by atoms with Crippen molar-refractivity contribution in [2.24, 2.45) is 12.0 Å². The zero-order chi connectivity index (χ0) is 17.6. The molecule has 0 spiro atoms. The number of aliphatic hydroxyl groups is 1. The van der Waals surface area contributed by atoms with E-state index in [2.05, 4.69) is 45.2 Å². The number of nitrogens with zero attached hydrogens (tertiary/aromatic N) is 3. The number of nitrogens with one attached hydrogen (secondary N) is 2. The molecule has 0 bridgehead atoms. The summed E-state index contributed by atoms with van der Waals surface area (Å²) < 4.78 is 1.68. The van der Waals surface area contributed by atoms with Crippen LogP contribution in [0.15, 0.2) is 34.9 Å². The van der Waals surface area contributed by atoms with Crippen molar-refractivity contribution >= 4 is 41.3 Å². The lowest BCUT2D eigenvalue weighted by Gasteiger charge is -2.21. The van der Waals surface area contributed by atoms with Crippen molar-refractivity contribution < 1.29 is 5.11 Å². The third-order valence-electron chi connectivity index (χ3n) is 3.82. The molecule has 2 aromatic heterocycles. The van der Waals surface area contributed by atoms with Crippen LogP contribution in [0.4, 0.5) is 0 Å². The topological polar surface area (TPSA) is 74.5 Å². The van der Waals surface area contributed by atoms with Crippen LogP contribution in [0.3, 0.4) is 0 Å². The molecule has 2 aromatic rings. The second kappa shape index (κ2) is 10.1. The van der Waals surface area contributed by atoms with Crippen LogP contribution in [0.2, 0.25) is 0 Å². The van der Waals surface area contributed by atoms with E-state index in [1.807, 2.05) is 20.2 Å². The van der Waals surface area contributed by atoms with Gasteiger partial charge in [0.2, 0.25) is 0 Å². The summed E-state index contributed by atoms with van der Waals surface area (Å²) in [6.07, 6.45) is 3.49. The summed E-state index contributed by atoms with van der Waals surface area (Å²) in [5.41, 5.74) is -0.285. The molecular weight excluding hydrogens is 449 g/mol. The number of halogens is 1. The van der Waals surface area contributed by atoms with E-state index in [0.29, 0.717) is 11.9 Å². The maximum Gasteiger partial charge on any atom is 0.191 e. The predicted molar refractivity (Wildman–Crippen MR) is 115 cm³/mol. The Balaban J connectivity index is 0.00000312. The number of hydrogen-bond acceptors (Lipinski definition) is 4. The molecule has 0 saturated heterocycles. The molecule has 0 aliphatic rings. The van der Waals surface area contributed by atoms with Crippen molar-refractivity contribution in [2.75, 3.05) is 19.6 Å². The summed E-state index contributed by atoms with van der Waals surface area (Å²) in [6.45, 7) is 7.80. The van der Waals surface area contributed by atoms with Crippen LogP contribution in [-0.2, 0) is 12.6 Å². The van der Waals surface area contributed by atoms with E-state index in [1.54, 1.807) is 29.1 Å². The third kappa shape index (κ3) is 6.59. The van der Waals surface area contributed by atoms with Gasteiger partial charge in [-0.2, -0.15) is 5.10 Å². The Morgan fingerprint density at radius 1 is 1.48 bits per heavy atom. The van der Waals surface area contributed by atoms with Crippen molar-refractivity contribution in [3.63, 3.8) is 0 Å². The molecule has 0 amide bonds. The Morgan fingerprint density at radius 2 is 2.24 bits per heavy atom. The second-order valence-corrected chi connectivity index (χ2v) is 7.15. The van der Waals surface area contributed by atoms with Gasteiger partial charge in [0.25, 0.3) is 0 Å². The number of aryl methyl sites for hydroxylation is 1. The molecule has 0 fully saturated rings. The lowest BCUT2D eigenvalue weighted by molar-refractivity contribution is 0.0672. The summed E-state index contributed by atoms with van der Waals surface area (Å²) >= 11 is 1.76. The van der Waals surface area contributed by atoms with Crippen LogP contribution in [-0.4, -0.2) is 40.5 Å². The molecule has 2 unspecified atom stereocenters. The number of aliphatic imine (C=N–C) groups is 1. The Bertz CT molecular complexity index is 654. The van der Waals surface area contributed by atoms with E-state index in [-0.39, 0.29) is 30.5 Å². The Labute approximate surface area is 170 Å². The fraction of sp³-hybridized carbons (Fsp3) is 0.529. The Hall–Kier alpha value is -1.13. The number of aromatic nitrogens is 2. The van der Waals surface area contributed by atoms with E-state index >= 15 is 0 Å². The first-order valence-electron chi connectivity index (χ1n) is 8.19. The van der Waals surface area contributed by atoms with E-state index < -0.39 is 5.60 Å². The van der Waals surface area contributed by atoms with Crippen molar-refractivity contribution in [1.29, 1.82) is 0 Å². The van der Waals surface area contributed by atoms with Gasteiger partial charge < -0.3 is 15.7 Å². The third-order valence-corrected chi connectivity index (χ3v) is 4.92. The average molecular weight is 477 g/mol. The summed E-state index contributed by atoms with van der Waals surface area (Å²) in [5.74, 6) is 1.12. The van der Waals surface area contributed by atoms with Gasteiger partial charge in [-0.05, 0) is 25.3 Å². The molecular formula is C17H28IN5OS. The molecule has 140 valence electrons. The molecule has 2 heterocycles. The molecule has 2 rings (SSSR count). The molecule has 6 nitrogen and oxygen atoms in total. The van der Waals surface area contributed by atoms with Crippen LogP contribution in [0.1, 0.15) is 37.1 Å². The SMILES string of the molecule is CCNC(=NCC(C)(O)c1cnn(C)c1)NCC(C)c1cccs1.I. The van der Waals surface area contributed by atoms with Crippen molar-refractivity contribution in [2.45, 2.75) is 32.3 Å². The molecule has 0 aromatic carbocycles. The zero-order valence-corrected chi connectivity index (χ0v) is 18.3. The molecule has 8 heteroatoms. The number of hydrogen-bond donors (Lipinski definition) is 3. The molecule has 25 heavy (non-hydrogen) atoms. The van der Waals surface area contributed by atoms with Gasteiger partial charge in [0.05, 0.1) is 12.7 Å². The summed E-state index contributed by atoms with van der Waals surface area (Å²) in [5, 5.41) is 23.4. The number of rotatable bonds is 7. The highest BCUT2D eigenvalue weighted by molar-refractivity contribution is 14.0. The molecule has 2 atom stereocenters. The van der Waals surface area contributed by atoms with Crippen LogP contribution in [0, 0.1) is 0 Å². The zero-order valence-electron chi connectivity index (χ0n) is 15.2. The van der Waals surface area contributed by atoms with Gasteiger partial charge in [0.1, 0.15) is 5.60 Å². The number of guanidine groups is 1. The van der Waals surface area contributed by atoms with E-state index in [4.69, 9.17) is 0 Å². The van der Waals surface area contributed by atoms with E-state index in [9.17, 15) is 5.11 Å². The maximum atomic E-state index is 10.6. The smallest absolute Gasteiger partial charge is 0.191 e. The first-order valence-corrected chi connectivity index (χ1v) is 9.07. The molecule has 0 aliphatic carbocycles.